The Morgan fingerprint density at radius 1 is 1.43 bits per heavy atom. The van der Waals surface area contributed by atoms with Crippen molar-refractivity contribution >= 4 is 0 Å². The molecule has 0 aliphatic rings. The summed E-state index contributed by atoms with van der Waals surface area (Å²) in [5, 5.41) is 0. The van der Waals surface area contributed by atoms with Gasteiger partial charge < -0.3 is 0 Å². The zero-order valence-corrected chi connectivity index (χ0v) is 7.29. The van der Waals surface area contributed by atoms with Crippen molar-refractivity contribution in [1.82, 2.24) is 0 Å². The minimum Gasteiger partial charge on any atom is -0.0628 e. The molecule has 0 aromatic carbocycles. The van der Waals surface area contributed by atoms with Crippen molar-refractivity contribution in [1.29, 1.82) is 0 Å². The average molecular weight is 280 g/mol. The van der Waals surface area contributed by atoms with Crippen molar-refractivity contribution in [3.63, 3.8) is 0 Å². The Morgan fingerprint density at radius 3 is 1.86 bits per heavy atom. The molecule has 0 saturated carbocycles. The molecule has 0 aromatic heterocycles. The second-order valence-corrected chi connectivity index (χ2v) is 2.04. The molecule has 0 aromatic rings. The summed E-state index contributed by atoms with van der Waals surface area (Å²) in [5.74, 6) is 0.836. The van der Waals surface area contributed by atoms with Crippen LogP contribution in [0.4, 0.5) is 0 Å². The van der Waals surface area contributed by atoms with Gasteiger partial charge in [-0.3, -0.25) is 0 Å². The third-order valence-corrected chi connectivity index (χ3v) is 0.781. The summed E-state index contributed by atoms with van der Waals surface area (Å²) >= 11 is 0. The van der Waals surface area contributed by atoms with Gasteiger partial charge in [0, 0.05) is 21.1 Å². The van der Waals surface area contributed by atoms with Crippen LogP contribution in [-0.2, 0) is 21.1 Å². The summed E-state index contributed by atoms with van der Waals surface area (Å²) in [6.07, 6.45) is 2.34. The van der Waals surface area contributed by atoms with E-state index in [0.29, 0.717) is 0 Å². The largest absolute Gasteiger partial charge is 0.0628 e. The molecule has 0 aliphatic heterocycles. The fourth-order valence-corrected chi connectivity index (χ4v) is 0.408. The van der Waals surface area contributed by atoms with E-state index >= 15 is 0 Å². The molecule has 0 nitrogen and oxygen atoms in total. The Hall–Kier alpha value is 0.688. The zero-order valence-electron chi connectivity index (χ0n) is 5.01. The van der Waals surface area contributed by atoms with Crippen molar-refractivity contribution in [2.45, 2.75) is 26.7 Å². The first-order valence-corrected chi connectivity index (χ1v) is 2.56. The van der Waals surface area contributed by atoms with Crippen molar-refractivity contribution in [2.75, 3.05) is 0 Å². The molecule has 0 heterocycles. The predicted molar refractivity (Wildman–Crippen MR) is 29.4 cm³/mol. The van der Waals surface area contributed by atoms with Gasteiger partial charge in [-0.25, -0.2) is 0 Å². The third-order valence-electron chi connectivity index (χ3n) is 0.781. The molecule has 0 atom stereocenters. The van der Waals surface area contributed by atoms with Gasteiger partial charge >= 0.3 is 0 Å². The van der Waals surface area contributed by atoms with Gasteiger partial charge in [0.25, 0.3) is 0 Å². The maximum atomic E-state index is 3.73. The van der Waals surface area contributed by atoms with E-state index in [0.717, 1.165) is 12.3 Å². The maximum absolute atomic E-state index is 3.73. The summed E-state index contributed by atoms with van der Waals surface area (Å²) in [5.41, 5.74) is 0. The Kier molecular flexibility index (Phi) is 10.2. The SMILES string of the molecule is [CH2]CCC(C)C.[Pt]. The van der Waals surface area contributed by atoms with E-state index in [9.17, 15) is 0 Å². The first-order chi connectivity index (χ1) is 2.77. The quantitative estimate of drug-likeness (QED) is 0.728. The van der Waals surface area contributed by atoms with Crippen molar-refractivity contribution < 1.29 is 21.1 Å². The maximum Gasteiger partial charge on any atom is 0 e. The molecule has 0 saturated heterocycles. The predicted octanol–water partition coefficient (Wildman–Crippen LogP) is 2.25. The van der Waals surface area contributed by atoms with Gasteiger partial charge in [0.1, 0.15) is 0 Å². The van der Waals surface area contributed by atoms with Crippen molar-refractivity contribution in [2.24, 2.45) is 5.92 Å². The van der Waals surface area contributed by atoms with Crippen LogP contribution in [0.15, 0.2) is 0 Å². The molecular formula is C6H13Pt. The number of hydrogen-bond donors (Lipinski definition) is 0. The van der Waals surface area contributed by atoms with E-state index in [-0.39, 0.29) is 21.1 Å². The smallest absolute Gasteiger partial charge is 0 e. The zero-order chi connectivity index (χ0) is 4.99. The fourth-order valence-electron chi connectivity index (χ4n) is 0.408. The summed E-state index contributed by atoms with van der Waals surface area (Å²) < 4.78 is 0. The Bertz CT molecular complexity index is 25.4. The minimum absolute atomic E-state index is 0. The van der Waals surface area contributed by atoms with Crippen molar-refractivity contribution in [3.05, 3.63) is 6.92 Å². The Morgan fingerprint density at radius 2 is 1.86 bits per heavy atom. The first-order valence-electron chi connectivity index (χ1n) is 2.56. The molecule has 0 fully saturated rings. The van der Waals surface area contributed by atoms with E-state index in [1.54, 1.807) is 0 Å². The molecule has 0 bridgehead atoms. The normalized spacial score (nSPS) is 8.57. The van der Waals surface area contributed by atoms with Gasteiger partial charge in [-0.1, -0.05) is 33.6 Å². The Labute approximate surface area is 61.0 Å². The number of hydrogen-bond acceptors (Lipinski definition) is 0. The van der Waals surface area contributed by atoms with Gasteiger partial charge in [-0.15, -0.1) is 0 Å². The first kappa shape index (κ1) is 10.6. The standard InChI is InChI=1S/C6H13.Pt/c1-4-5-6(2)3;/h6H,1,4-5H2,2-3H3;. The second kappa shape index (κ2) is 6.69. The second-order valence-electron chi connectivity index (χ2n) is 2.04. The summed E-state index contributed by atoms with van der Waals surface area (Å²) in [7, 11) is 0. The minimum atomic E-state index is 0. The molecule has 0 N–H and O–H groups in total. The Balaban J connectivity index is 0. The molecule has 1 radical (unpaired) electrons. The van der Waals surface area contributed by atoms with Crippen LogP contribution in [0.25, 0.3) is 0 Å². The van der Waals surface area contributed by atoms with E-state index in [1.807, 2.05) is 0 Å². The van der Waals surface area contributed by atoms with E-state index in [2.05, 4.69) is 20.8 Å². The van der Waals surface area contributed by atoms with Gasteiger partial charge in [0.05, 0.1) is 0 Å². The molecule has 0 spiro atoms. The van der Waals surface area contributed by atoms with Gasteiger partial charge in [-0.2, -0.15) is 0 Å². The van der Waals surface area contributed by atoms with Crippen molar-refractivity contribution in [3.8, 4) is 0 Å². The van der Waals surface area contributed by atoms with Gasteiger partial charge in [0.2, 0.25) is 0 Å². The molecule has 1 heteroatoms. The topological polar surface area (TPSA) is 0 Å². The van der Waals surface area contributed by atoms with Crippen LogP contribution < -0.4 is 0 Å². The average Bonchev–Trinajstić information content (AvgIpc) is 1.35. The van der Waals surface area contributed by atoms with Crippen LogP contribution in [-0.4, -0.2) is 0 Å². The van der Waals surface area contributed by atoms with Crippen LogP contribution in [0, 0.1) is 12.8 Å². The van der Waals surface area contributed by atoms with Crippen LogP contribution in [0.5, 0.6) is 0 Å². The van der Waals surface area contributed by atoms with Gasteiger partial charge in [0.15, 0.2) is 0 Å². The summed E-state index contributed by atoms with van der Waals surface area (Å²) in [6.45, 7) is 8.15. The fraction of sp³-hybridized carbons (Fsp3) is 0.833. The van der Waals surface area contributed by atoms with E-state index in [4.69, 9.17) is 0 Å². The van der Waals surface area contributed by atoms with E-state index < -0.39 is 0 Å². The van der Waals surface area contributed by atoms with Crippen LogP contribution in [0.3, 0.4) is 0 Å². The molecule has 0 aliphatic carbocycles. The third kappa shape index (κ3) is 10.8. The van der Waals surface area contributed by atoms with Crippen LogP contribution >= 0.6 is 0 Å². The number of rotatable bonds is 2. The molecule has 0 amide bonds. The molecule has 47 valence electrons. The molecule has 7 heavy (non-hydrogen) atoms. The van der Waals surface area contributed by atoms with Crippen LogP contribution in [0.1, 0.15) is 26.7 Å². The molecular weight excluding hydrogens is 267 g/mol. The van der Waals surface area contributed by atoms with Crippen LogP contribution in [0.2, 0.25) is 0 Å². The van der Waals surface area contributed by atoms with E-state index in [1.165, 1.54) is 6.42 Å². The summed E-state index contributed by atoms with van der Waals surface area (Å²) in [4.78, 5) is 0. The van der Waals surface area contributed by atoms with Gasteiger partial charge in [-0.05, 0) is 5.92 Å². The summed E-state index contributed by atoms with van der Waals surface area (Å²) in [6, 6.07) is 0. The molecule has 0 rings (SSSR count). The monoisotopic (exact) mass is 280 g/mol. The molecule has 0 unspecified atom stereocenters.